The lowest BCUT2D eigenvalue weighted by atomic mass is 10.1. The number of fused-ring (bicyclic) bond motifs is 2. The van der Waals surface area contributed by atoms with E-state index in [4.69, 9.17) is 15.7 Å². The van der Waals surface area contributed by atoms with Gasteiger partial charge in [0, 0.05) is 29.8 Å². The topological polar surface area (TPSA) is 117 Å². The fraction of sp³-hybridized carbons (Fsp3) is 0.100. The molecule has 7 rings (SSSR count). The van der Waals surface area contributed by atoms with Crippen molar-refractivity contribution in [3.05, 3.63) is 114 Å². The van der Waals surface area contributed by atoms with Crippen LogP contribution in [0.1, 0.15) is 33.9 Å². The number of anilines is 1. The number of pyridine rings is 2. The van der Waals surface area contributed by atoms with Crippen molar-refractivity contribution in [1.29, 1.82) is 0 Å². The standard InChI is InChI=1S/C30H22F2N8O/c31-22-8-4-18(16-23(22)32)30(41)37-24-9-5-17-15-19(6-7-20(17)24)40-28(21-3-1-12-34-27(21)33)36-25-10-11-26(38-29(25)40)39-14-2-13-35-39/h1-4,6-8,10-16,24H,5,9H2,(H2,33,34)(H,37,41)/t24-/m0/s1. The molecule has 41 heavy (non-hydrogen) atoms. The largest absolute Gasteiger partial charge is 0.383 e. The average Bonchev–Trinajstić information content (AvgIpc) is 3.73. The summed E-state index contributed by atoms with van der Waals surface area (Å²) >= 11 is 0. The van der Waals surface area contributed by atoms with Gasteiger partial charge in [-0.3, -0.25) is 9.36 Å². The Kier molecular flexibility index (Phi) is 5.77. The Hall–Kier alpha value is -5.45. The predicted molar refractivity (Wildman–Crippen MR) is 149 cm³/mol. The summed E-state index contributed by atoms with van der Waals surface area (Å²) in [5.74, 6) is -0.942. The van der Waals surface area contributed by atoms with Gasteiger partial charge < -0.3 is 11.1 Å². The van der Waals surface area contributed by atoms with Crippen LogP contribution in [0, 0.1) is 11.6 Å². The summed E-state index contributed by atoms with van der Waals surface area (Å²) in [6, 6.07) is 18.1. The molecule has 0 spiro atoms. The summed E-state index contributed by atoms with van der Waals surface area (Å²) in [7, 11) is 0. The molecule has 0 saturated heterocycles. The van der Waals surface area contributed by atoms with Crippen molar-refractivity contribution in [3.63, 3.8) is 0 Å². The minimum absolute atomic E-state index is 0.0663. The van der Waals surface area contributed by atoms with Crippen LogP contribution in [0.4, 0.5) is 14.6 Å². The average molecular weight is 549 g/mol. The smallest absolute Gasteiger partial charge is 0.251 e. The molecule has 0 aliphatic heterocycles. The van der Waals surface area contributed by atoms with E-state index in [0.717, 1.165) is 35.4 Å². The van der Waals surface area contributed by atoms with Gasteiger partial charge in [0.05, 0.1) is 11.6 Å². The number of aromatic nitrogens is 6. The molecule has 1 aliphatic carbocycles. The van der Waals surface area contributed by atoms with Gasteiger partial charge in [0.15, 0.2) is 28.9 Å². The van der Waals surface area contributed by atoms with Gasteiger partial charge in [-0.15, -0.1) is 0 Å². The minimum Gasteiger partial charge on any atom is -0.383 e. The van der Waals surface area contributed by atoms with Crippen molar-refractivity contribution in [2.45, 2.75) is 18.9 Å². The van der Waals surface area contributed by atoms with Gasteiger partial charge >= 0.3 is 0 Å². The second-order valence-corrected chi connectivity index (χ2v) is 9.75. The number of amides is 1. The van der Waals surface area contributed by atoms with Gasteiger partial charge in [0.1, 0.15) is 11.3 Å². The monoisotopic (exact) mass is 548 g/mol. The number of hydrogen-bond acceptors (Lipinski definition) is 6. The molecule has 3 N–H and O–H groups in total. The van der Waals surface area contributed by atoms with Crippen molar-refractivity contribution < 1.29 is 13.6 Å². The summed E-state index contributed by atoms with van der Waals surface area (Å²) < 4.78 is 30.6. The van der Waals surface area contributed by atoms with Crippen LogP contribution in [0.15, 0.2) is 85.3 Å². The maximum absolute atomic E-state index is 13.7. The van der Waals surface area contributed by atoms with Crippen molar-refractivity contribution in [3.8, 4) is 22.9 Å². The fourth-order valence-electron chi connectivity index (χ4n) is 5.28. The first-order valence-electron chi connectivity index (χ1n) is 13.0. The molecule has 2 aromatic carbocycles. The molecule has 1 amide bonds. The highest BCUT2D eigenvalue weighted by Gasteiger charge is 2.26. The summed E-state index contributed by atoms with van der Waals surface area (Å²) in [4.78, 5) is 26.8. The van der Waals surface area contributed by atoms with Crippen molar-refractivity contribution >= 4 is 22.9 Å². The van der Waals surface area contributed by atoms with Gasteiger partial charge in [-0.25, -0.2) is 28.4 Å². The highest BCUT2D eigenvalue weighted by atomic mass is 19.2. The first-order valence-corrected chi connectivity index (χ1v) is 13.0. The number of nitrogens with zero attached hydrogens (tertiary/aromatic N) is 6. The highest BCUT2D eigenvalue weighted by Crippen LogP contribution is 2.36. The van der Waals surface area contributed by atoms with E-state index in [9.17, 15) is 13.6 Å². The zero-order chi connectivity index (χ0) is 28.1. The molecule has 0 radical (unpaired) electrons. The van der Waals surface area contributed by atoms with E-state index in [2.05, 4.69) is 21.5 Å². The Morgan fingerprint density at radius 3 is 2.68 bits per heavy atom. The van der Waals surface area contributed by atoms with E-state index < -0.39 is 17.5 Å². The fourth-order valence-corrected chi connectivity index (χ4v) is 5.28. The maximum atomic E-state index is 13.7. The molecule has 0 fully saturated rings. The number of nitrogens with two attached hydrogens (primary N) is 1. The second kappa shape index (κ2) is 9.63. The van der Waals surface area contributed by atoms with E-state index in [0.29, 0.717) is 40.6 Å². The summed E-state index contributed by atoms with van der Waals surface area (Å²) in [5, 5.41) is 7.26. The predicted octanol–water partition coefficient (Wildman–Crippen LogP) is 4.95. The zero-order valence-electron chi connectivity index (χ0n) is 21.5. The van der Waals surface area contributed by atoms with E-state index in [1.165, 1.54) is 6.07 Å². The lowest BCUT2D eigenvalue weighted by Crippen LogP contribution is -2.27. The van der Waals surface area contributed by atoms with Crippen LogP contribution in [-0.4, -0.2) is 35.2 Å². The number of imidazole rings is 1. The van der Waals surface area contributed by atoms with Crippen molar-refractivity contribution in [2.24, 2.45) is 0 Å². The molecular formula is C30H22F2N8O. The third kappa shape index (κ3) is 4.27. The number of benzene rings is 2. The number of halogens is 2. The number of hydrogen-bond donors (Lipinski definition) is 2. The van der Waals surface area contributed by atoms with E-state index >= 15 is 0 Å². The number of aryl methyl sites for hydroxylation is 1. The van der Waals surface area contributed by atoms with E-state index in [-0.39, 0.29) is 11.6 Å². The van der Waals surface area contributed by atoms with Crippen LogP contribution in [0.3, 0.4) is 0 Å². The van der Waals surface area contributed by atoms with Gasteiger partial charge in [-0.2, -0.15) is 5.10 Å². The molecule has 0 unspecified atom stereocenters. The molecule has 0 bridgehead atoms. The van der Waals surface area contributed by atoms with Crippen LogP contribution >= 0.6 is 0 Å². The highest BCUT2D eigenvalue weighted by molar-refractivity contribution is 5.94. The molecule has 202 valence electrons. The summed E-state index contributed by atoms with van der Waals surface area (Å²) in [6.07, 6.45) is 6.52. The summed E-state index contributed by atoms with van der Waals surface area (Å²) in [6.45, 7) is 0. The minimum atomic E-state index is -1.06. The first kappa shape index (κ1) is 24.6. The molecule has 0 saturated carbocycles. The molecule has 6 aromatic rings. The Labute approximate surface area is 232 Å². The Morgan fingerprint density at radius 2 is 1.88 bits per heavy atom. The third-order valence-electron chi connectivity index (χ3n) is 7.26. The number of nitrogen functional groups attached to an aromatic ring is 1. The van der Waals surface area contributed by atoms with Crippen molar-refractivity contribution in [1.82, 2.24) is 34.6 Å². The first-order chi connectivity index (χ1) is 20.0. The van der Waals surface area contributed by atoms with E-state index in [1.807, 2.05) is 47.2 Å². The lowest BCUT2D eigenvalue weighted by Gasteiger charge is -2.16. The van der Waals surface area contributed by atoms with Gasteiger partial charge in [0.2, 0.25) is 0 Å². The number of nitrogens with one attached hydrogen (secondary N) is 1. The van der Waals surface area contributed by atoms with Crippen molar-refractivity contribution in [2.75, 3.05) is 5.73 Å². The summed E-state index contributed by atoms with van der Waals surface area (Å²) in [5.41, 5.74) is 11.1. The number of rotatable bonds is 5. The van der Waals surface area contributed by atoms with Gasteiger partial charge in [-0.1, -0.05) is 6.07 Å². The van der Waals surface area contributed by atoms with Crippen LogP contribution in [0.5, 0.6) is 0 Å². The SMILES string of the molecule is Nc1ncccc1-c1nc2ccc(-n3cccn3)nc2n1-c1ccc2c(c1)CC[C@@H]2NC(=O)c1ccc(F)c(F)c1. The van der Waals surface area contributed by atoms with Crippen LogP contribution in [-0.2, 0) is 6.42 Å². The van der Waals surface area contributed by atoms with Crippen LogP contribution < -0.4 is 11.1 Å². The molecule has 4 aromatic heterocycles. The van der Waals surface area contributed by atoms with E-state index in [1.54, 1.807) is 23.1 Å². The maximum Gasteiger partial charge on any atom is 0.251 e. The molecule has 1 aliphatic rings. The second-order valence-electron chi connectivity index (χ2n) is 9.75. The zero-order valence-corrected chi connectivity index (χ0v) is 21.5. The molecular weight excluding hydrogens is 526 g/mol. The normalized spacial score (nSPS) is 14.3. The van der Waals surface area contributed by atoms with Gasteiger partial charge in [-0.05, 0) is 84.6 Å². The molecule has 1 atom stereocenters. The number of carbonyl (C=O) groups is 1. The Bertz CT molecular complexity index is 1950. The van der Waals surface area contributed by atoms with Crippen LogP contribution in [0.2, 0.25) is 0 Å². The third-order valence-corrected chi connectivity index (χ3v) is 7.26. The quantitative estimate of drug-likeness (QED) is 0.315. The molecule has 4 heterocycles. The van der Waals surface area contributed by atoms with Gasteiger partial charge in [0.25, 0.3) is 5.91 Å². The molecule has 9 nitrogen and oxygen atoms in total. The number of carbonyl (C=O) groups excluding carboxylic acids is 1. The Balaban J connectivity index is 1.30. The van der Waals surface area contributed by atoms with Crippen LogP contribution in [0.25, 0.3) is 34.1 Å². The Morgan fingerprint density at radius 1 is 0.976 bits per heavy atom. The lowest BCUT2D eigenvalue weighted by molar-refractivity contribution is 0.0936. The molecule has 11 heteroatoms.